The van der Waals surface area contributed by atoms with Crippen LogP contribution in [0.25, 0.3) is 0 Å². The second-order valence-corrected chi connectivity index (χ2v) is 4.38. The second kappa shape index (κ2) is 3.39. The Labute approximate surface area is 85.7 Å². The van der Waals surface area contributed by atoms with Gasteiger partial charge in [0.1, 0.15) is 0 Å². The molecule has 1 aromatic rings. The Morgan fingerprint density at radius 1 is 1.07 bits per heavy atom. The molecule has 2 aliphatic rings. The molecule has 0 N–H and O–H groups in total. The highest BCUT2D eigenvalue weighted by molar-refractivity contribution is 5.40. The molecule has 1 saturated heterocycles. The lowest BCUT2D eigenvalue weighted by atomic mass is 10.1. The topological polar surface area (TPSA) is 3.24 Å². The number of rotatable bonds is 1. The highest BCUT2D eigenvalue weighted by atomic mass is 15.2. The predicted octanol–water partition coefficient (Wildman–Crippen LogP) is 2.26. The maximum Gasteiger partial charge on any atom is 0.0211 e. The molecule has 0 amide bonds. The molecule has 1 fully saturated rings. The number of likely N-dealkylation sites (tertiary alicyclic amines) is 1. The van der Waals surface area contributed by atoms with Gasteiger partial charge in [-0.15, -0.1) is 0 Å². The SMILES string of the molecule is [CH]1c2ccccc2C[C@H]1N1CCCC1. The molecule has 1 heterocycles. The van der Waals surface area contributed by atoms with E-state index in [-0.39, 0.29) is 0 Å². The lowest BCUT2D eigenvalue weighted by Gasteiger charge is -2.22. The van der Waals surface area contributed by atoms with Gasteiger partial charge < -0.3 is 0 Å². The Balaban J connectivity index is 1.77. The smallest absolute Gasteiger partial charge is 0.0211 e. The summed E-state index contributed by atoms with van der Waals surface area (Å²) in [5.41, 5.74) is 2.99. The molecule has 1 nitrogen and oxygen atoms in total. The second-order valence-electron chi connectivity index (χ2n) is 4.38. The van der Waals surface area contributed by atoms with Gasteiger partial charge in [-0.05, 0) is 43.5 Å². The molecule has 1 aromatic carbocycles. The van der Waals surface area contributed by atoms with E-state index in [0.717, 1.165) is 0 Å². The third-order valence-corrected chi connectivity index (χ3v) is 3.47. The van der Waals surface area contributed by atoms with E-state index in [9.17, 15) is 0 Å². The fourth-order valence-corrected chi connectivity index (χ4v) is 2.68. The van der Waals surface area contributed by atoms with E-state index in [0.29, 0.717) is 6.04 Å². The summed E-state index contributed by atoms with van der Waals surface area (Å²) in [4.78, 5) is 2.62. The van der Waals surface area contributed by atoms with Crippen molar-refractivity contribution in [3.05, 3.63) is 41.8 Å². The highest BCUT2D eigenvalue weighted by Crippen LogP contribution is 2.28. The molecule has 0 unspecified atom stereocenters. The summed E-state index contributed by atoms with van der Waals surface area (Å²) in [5.74, 6) is 0. The third kappa shape index (κ3) is 1.36. The summed E-state index contributed by atoms with van der Waals surface area (Å²) in [6, 6.07) is 9.49. The zero-order valence-electron chi connectivity index (χ0n) is 8.45. The van der Waals surface area contributed by atoms with Crippen molar-refractivity contribution in [2.24, 2.45) is 0 Å². The molecule has 0 bridgehead atoms. The first-order valence-corrected chi connectivity index (χ1v) is 5.60. The molecule has 1 heteroatoms. The quantitative estimate of drug-likeness (QED) is 0.650. The van der Waals surface area contributed by atoms with Gasteiger partial charge in [0.15, 0.2) is 0 Å². The molecule has 14 heavy (non-hydrogen) atoms. The molecule has 0 saturated carbocycles. The largest absolute Gasteiger partial charge is 0.299 e. The number of hydrogen-bond donors (Lipinski definition) is 0. The lowest BCUT2D eigenvalue weighted by Crippen LogP contribution is -2.32. The van der Waals surface area contributed by atoms with Crippen LogP contribution in [0.4, 0.5) is 0 Å². The molecule has 3 rings (SSSR count). The van der Waals surface area contributed by atoms with Gasteiger partial charge in [-0.25, -0.2) is 0 Å². The van der Waals surface area contributed by atoms with Crippen molar-refractivity contribution in [2.45, 2.75) is 25.3 Å². The zero-order chi connectivity index (χ0) is 9.38. The Hall–Kier alpha value is -0.820. The van der Waals surface area contributed by atoms with Crippen molar-refractivity contribution in [1.82, 2.24) is 4.90 Å². The van der Waals surface area contributed by atoms with Crippen LogP contribution in [0, 0.1) is 6.42 Å². The minimum Gasteiger partial charge on any atom is -0.299 e. The molecule has 73 valence electrons. The van der Waals surface area contributed by atoms with E-state index in [1.807, 2.05) is 0 Å². The highest BCUT2D eigenvalue weighted by Gasteiger charge is 2.28. The number of nitrogens with zero attached hydrogens (tertiary/aromatic N) is 1. The van der Waals surface area contributed by atoms with Gasteiger partial charge in [0.25, 0.3) is 0 Å². The Kier molecular flexibility index (Phi) is 2.06. The van der Waals surface area contributed by atoms with E-state index in [4.69, 9.17) is 0 Å². The first-order chi connectivity index (χ1) is 6.93. The molecule has 1 aliphatic heterocycles. The van der Waals surface area contributed by atoms with Crippen LogP contribution >= 0.6 is 0 Å². The number of fused-ring (bicyclic) bond motifs is 1. The molecular weight excluding hydrogens is 170 g/mol. The maximum atomic E-state index is 2.62. The lowest BCUT2D eigenvalue weighted by molar-refractivity contribution is 0.279. The molecule has 1 atom stereocenters. The molecule has 1 aliphatic carbocycles. The molecule has 0 spiro atoms. The third-order valence-electron chi connectivity index (χ3n) is 3.47. The van der Waals surface area contributed by atoms with E-state index in [1.54, 1.807) is 0 Å². The van der Waals surface area contributed by atoms with Crippen LogP contribution in [0.15, 0.2) is 24.3 Å². The van der Waals surface area contributed by atoms with Crippen molar-refractivity contribution < 1.29 is 0 Å². The van der Waals surface area contributed by atoms with Crippen LogP contribution in [-0.2, 0) is 6.42 Å². The Bertz CT molecular complexity index is 301. The van der Waals surface area contributed by atoms with Gasteiger partial charge in [0.05, 0.1) is 0 Å². The van der Waals surface area contributed by atoms with Crippen LogP contribution in [0.3, 0.4) is 0 Å². The summed E-state index contributed by atoms with van der Waals surface area (Å²) >= 11 is 0. The first kappa shape index (κ1) is 8.49. The van der Waals surface area contributed by atoms with E-state index < -0.39 is 0 Å². The summed E-state index contributed by atoms with van der Waals surface area (Å²) in [7, 11) is 0. The van der Waals surface area contributed by atoms with Crippen molar-refractivity contribution in [1.29, 1.82) is 0 Å². The number of hydrogen-bond acceptors (Lipinski definition) is 1. The fourth-order valence-electron chi connectivity index (χ4n) is 2.68. The van der Waals surface area contributed by atoms with Gasteiger partial charge >= 0.3 is 0 Å². The van der Waals surface area contributed by atoms with Crippen LogP contribution in [0.2, 0.25) is 0 Å². The zero-order valence-corrected chi connectivity index (χ0v) is 8.45. The van der Waals surface area contributed by atoms with Crippen molar-refractivity contribution in [3.8, 4) is 0 Å². The van der Waals surface area contributed by atoms with Crippen molar-refractivity contribution >= 4 is 0 Å². The number of benzene rings is 1. The normalized spacial score (nSPS) is 22.9. The van der Waals surface area contributed by atoms with E-state index in [1.165, 1.54) is 43.5 Å². The van der Waals surface area contributed by atoms with Crippen LogP contribution in [0.5, 0.6) is 0 Å². The molecular formula is C13H16N. The summed E-state index contributed by atoms with van der Waals surface area (Å²) < 4.78 is 0. The molecule has 0 aromatic heterocycles. The van der Waals surface area contributed by atoms with E-state index >= 15 is 0 Å². The maximum absolute atomic E-state index is 2.62. The summed E-state index contributed by atoms with van der Waals surface area (Å²) in [5, 5.41) is 0. The first-order valence-electron chi connectivity index (χ1n) is 5.60. The Morgan fingerprint density at radius 3 is 2.64 bits per heavy atom. The predicted molar refractivity (Wildman–Crippen MR) is 58.1 cm³/mol. The fraction of sp³-hybridized carbons (Fsp3) is 0.462. The standard InChI is InChI=1S/C13H16N/c1-2-6-12-10-13(9-11(12)5-1)14-7-3-4-8-14/h1-2,5-6,9,13H,3-4,7-8,10H2/t13-/m0/s1. The minimum atomic E-state index is 0.690. The average molecular weight is 186 g/mol. The van der Waals surface area contributed by atoms with Gasteiger partial charge in [-0.2, -0.15) is 0 Å². The van der Waals surface area contributed by atoms with Gasteiger partial charge in [0.2, 0.25) is 0 Å². The van der Waals surface area contributed by atoms with Crippen LogP contribution in [0.1, 0.15) is 24.0 Å². The van der Waals surface area contributed by atoms with Gasteiger partial charge in [-0.1, -0.05) is 24.3 Å². The average Bonchev–Trinajstić information content (AvgIpc) is 2.86. The van der Waals surface area contributed by atoms with Crippen molar-refractivity contribution in [2.75, 3.05) is 13.1 Å². The van der Waals surface area contributed by atoms with E-state index in [2.05, 4.69) is 35.6 Å². The summed E-state index contributed by atoms with van der Waals surface area (Å²) in [6.07, 6.45) is 6.46. The van der Waals surface area contributed by atoms with Crippen LogP contribution in [-0.4, -0.2) is 24.0 Å². The summed E-state index contributed by atoms with van der Waals surface area (Å²) in [6.45, 7) is 2.60. The van der Waals surface area contributed by atoms with Gasteiger partial charge in [-0.3, -0.25) is 4.90 Å². The van der Waals surface area contributed by atoms with Crippen LogP contribution < -0.4 is 0 Å². The molecule has 1 radical (unpaired) electrons. The monoisotopic (exact) mass is 186 g/mol. The minimum absolute atomic E-state index is 0.690. The Morgan fingerprint density at radius 2 is 1.86 bits per heavy atom. The van der Waals surface area contributed by atoms with Gasteiger partial charge in [0, 0.05) is 12.5 Å². The van der Waals surface area contributed by atoms with Crippen molar-refractivity contribution in [3.63, 3.8) is 0 Å².